The maximum absolute atomic E-state index is 12.4. The number of carbonyl (C=O) groups excluding carboxylic acids is 1. The SMILES string of the molecule is Cn1cc(CN2CC[C@@]3(C[C@H](NC(=O)N4CCCC4)CCO3)C2)cn1. The van der Waals surface area contributed by atoms with Crippen molar-refractivity contribution < 1.29 is 9.53 Å². The lowest BCUT2D eigenvalue weighted by atomic mass is 9.89. The van der Waals surface area contributed by atoms with Crippen molar-refractivity contribution in [1.29, 1.82) is 0 Å². The summed E-state index contributed by atoms with van der Waals surface area (Å²) in [5, 5.41) is 7.51. The van der Waals surface area contributed by atoms with E-state index < -0.39 is 0 Å². The van der Waals surface area contributed by atoms with Gasteiger partial charge in [-0.1, -0.05) is 0 Å². The van der Waals surface area contributed by atoms with Crippen LogP contribution in [-0.4, -0.2) is 70.0 Å². The highest BCUT2D eigenvalue weighted by Crippen LogP contribution is 2.35. The Hall–Kier alpha value is -1.60. The fourth-order valence-corrected chi connectivity index (χ4v) is 4.50. The highest BCUT2D eigenvalue weighted by molar-refractivity contribution is 5.74. The van der Waals surface area contributed by atoms with Crippen LogP contribution in [0, 0.1) is 0 Å². The van der Waals surface area contributed by atoms with E-state index >= 15 is 0 Å². The summed E-state index contributed by atoms with van der Waals surface area (Å²) >= 11 is 0. The average molecular weight is 347 g/mol. The Labute approximate surface area is 149 Å². The van der Waals surface area contributed by atoms with Crippen LogP contribution in [0.3, 0.4) is 0 Å². The number of aromatic nitrogens is 2. The Morgan fingerprint density at radius 3 is 3.00 bits per heavy atom. The number of hydrogen-bond acceptors (Lipinski definition) is 4. The normalized spacial score (nSPS) is 30.3. The summed E-state index contributed by atoms with van der Waals surface area (Å²) in [6.45, 7) is 5.45. The highest BCUT2D eigenvalue weighted by Gasteiger charge is 2.43. The quantitative estimate of drug-likeness (QED) is 0.897. The summed E-state index contributed by atoms with van der Waals surface area (Å²) in [5.41, 5.74) is 1.15. The summed E-state index contributed by atoms with van der Waals surface area (Å²) in [6, 6.07) is 0.352. The lowest BCUT2D eigenvalue weighted by Gasteiger charge is -2.39. The Morgan fingerprint density at radius 1 is 1.40 bits per heavy atom. The van der Waals surface area contributed by atoms with Crippen LogP contribution in [-0.2, 0) is 18.3 Å². The first-order chi connectivity index (χ1) is 12.1. The fourth-order valence-electron chi connectivity index (χ4n) is 4.50. The number of amides is 2. The zero-order valence-corrected chi connectivity index (χ0v) is 15.1. The number of urea groups is 1. The Bertz CT molecular complexity index is 612. The van der Waals surface area contributed by atoms with E-state index in [2.05, 4.69) is 21.5 Å². The molecule has 1 N–H and O–H groups in total. The van der Waals surface area contributed by atoms with Gasteiger partial charge in [0.05, 0.1) is 11.8 Å². The van der Waals surface area contributed by atoms with Crippen molar-refractivity contribution in [3.63, 3.8) is 0 Å². The molecule has 0 aromatic carbocycles. The van der Waals surface area contributed by atoms with Crippen molar-refractivity contribution in [2.75, 3.05) is 32.8 Å². The van der Waals surface area contributed by atoms with Crippen LogP contribution in [0.5, 0.6) is 0 Å². The van der Waals surface area contributed by atoms with E-state index in [1.54, 1.807) is 0 Å². The van der Waals surface area contributed by atoms with Crippen molar-refractivity contribution in [2.45, 2.75) is 50.3 Å². The second kappa shape index (κ2) is 6.96. The molecule has 0 unspecified atom stereocenters. The number of carbonyl (C=O) groups is 1. The predicted molar refractivity (Wildman–Crippen MR) is 94.1 cm³/mol. The van der Waals surface area contributed by atoms with Crippen LogP contribution in [0.4, 0.5) is 4.79 Å². The van der Waals surface area contributed by atoms with Crippen molar-refractivity contribution in [3.8, 4) is 0 Å². The number of rotatable bonds is 3. The molecule has 3 fully saturated rings. The molecule has 3 saturated heterocycles. The Balaban J connectivity index is 1.32. The third-order valence-electron chi connectivity index (χ3n) is 5.77. The van der Waals surface area contributed by atoms with Gasteiger partial charge in [0.15, 0.2) is 0 Å². The second-order valence-electron chi connectivity index (χ2n) is 7.85. The largest absolute Gasteiger partial charge is 0.373 e. The van der Waals surface area contributed by atoms with Crippen LogP contribution in [0.1, 0.15) is 37.7 Å². The molecule has 2 amide bonds. The summed E-state index contributed by atoms with van der Waals surface area (Å²) in [5.74, 6) is 0. The van der Waals surface area contributed by atoms with Crippen molar-refractivity contribution >= 4 is 6.03 Å². The summed E-state index contributed by atoms with van der Waals surface area (Å²) < 4.78 is 8.06. The number of aryl methyl sites for hydroxylation is 1. The standard InChI is InChI=1S/C18H29N5O2/c1-21-12-15(11-19-21)13-22-8-5-18(14-22)10-16(4-9-25-18)20-17(24)23-6-2-3-7-23/h11-12,16H,2-10,13-14H2,1H3,(H,20,24)/t16-,18-/m1/s1. The third-order valence-corrected chi connectivity index (χ3v) is 5.77. The van der Waals surface area contributed by atoms with Gasteiger partial charge in [-0.25, -0.2) is 4.79 Å². The maximum atomic E-state index is 12.4. The molecule has 7 heteroatoms. The molecule has 0 saturated carbocycles. The molecule has 25 heavy (non-hydrogen) atoms. The summed E-state index contributed by atoms with van der Waals surface area (Å²) in [4.78, 5) is 16.8. The lowest BCUT2D eigenvalue weighted by Crippen LogP contribution is -2.52. The zero-order chi connectivity index (χ0) is 17.3. The molecule has 1 aromatic heterocycles. The molecule has 0 bridgehead atoms. The fraction of sp³-hybridized carbons (Fsp3) is 0.778. The molecule has 1 aromatic rings. The van der Waals surface area contributed by atoms with Gasteiger partial charge in [0, 0.05) is 64.2 Å². The van der Waals surface area contributed by atoms with Crippen LogP contribution >= 0.6 is 0 Å². The topological polar surface area (TPSA) is 62.6 Å². The van der Waals surface area contributed by atoms with Gasteiger partial charge < -0.3 is 15.0 Å². The highest BCUT2D eigenvalue weighted by atomic mass is 16.5. The molecule has 3 aliphatic heterocycles. The molecular formula is C18H29N5O2. The van der Waals surface area contributed by atoms with Gasteiger partial charge in [0.1, 0.15) is 0 Å². The Kier molecular flexibility index (Phi) is 4.69. The van der Waals surface area contributed by atoms with Gasteiger partial charge in [0.2, 0.25) is 0 Å². The van der Waals surface area contributed by atoms with Crippen LogP contribution < -0.4 is 5.32 Å². The van der Waals surface area contributed by atoms with E-state index in [-0.39, 0.29) is 17.7 Å². The van der Waals surface area contributed by atoms with Crippen LogP contribution in [0.15, 0.2) is 12.4 Å². The minimum Gasteiger partial charge on any atom is -0.373 e. The lowest BCUT2D eigenvalue weighted by molar-refractivity contribution is -0.0792. The van der Waals surface area contributed by atoms with Gasteiger partial charge in [-0.15, -0.1) is 0 Å². The molecule has 4 rings (SSSR count). The summed E-state index contributed by atoms with van der Waals surface area (Å²) in [7, 11) is 1.95. The monoisotopic (exact) mass is 347 g/mol. The molecular weight excluding hydrogens is 318 g/mol. The van der Waals surface area contributed by atoms with Gasteiger partial charge in [-0.2, -0.15) is 5.10 Å². The van der Waals surface area contributed by atoms with Crippen molar-refractivity contribution in [3.05, 3.63) is 18.0 Å². The number of ether oxygens (including phenoxy) is 1. The van der Waals surface area contributed by atoms with Gasteiger partial charge in [0.25, 0.3) is 0 Å². The smallest absolute Gasteiger partial charge is 0.317 e. The number of likely N-dealkylation sites (tertiary alicyclic amines) is 2. The third kappa shape index (κ3) is 3.82. The molecule has 7 nitrogen and oxygen atoms in total. The van der Waals surface area contributed by atoms with E-state index in [9.17, 15) is 4.79 Å². The number of hydrogen-bond donors (Lipinski definition) is 1. The van der Waals surface area contributed by atoms with Gasteiger partial charge in [-0.05, 0) is 32.1 Å². The van der Waals surface area contributed by atoms with Crippen LogP contribution in [0.2, 0.25) is 0 Å². The minimum absolute atomic E-state index is 0.0938. The second-order valence-corrected chi connectivity index (χ2v) is 7.85. The average Bonchev–Trinajstić information content (AvgIpc) is 3.31. The molecule has 3 aliphatic rings. The van der Waals surface area contributed by atoms with E-state index in [1.807, 2.05) is 22.8 Å². The number of nitrogens with one attached hydrogen (secondary N) is 1. The molecule has 1 spiro atoms. The molecule has 4 heterocycles. The minimum atomic E-state index is -0.0938. The molecule has 138 valence electrons. The van der Waals surface area contributed by atoms with E-state index in [1.165, 1.54) is 5.56 Å². The summed E-state index contributed by atoms with van der Waals surface area (Å²) in [6.07, 6.45) is 9.17. The van der Waals surface area contributed by atoms with Crippen molar-refractivity contribution in [2.24, 2.45) is 7.05 Å². The molecule has 0 radical (unpaired) electrons. The number of nitrogens with zero attached hydrogens (tertiary/aromatic N) is 4. The zero-order valence-electron chi connectivity index (χ0n) is 15.1. The van der Waals surface area contributed by atoms with E-state index in [4.69, 9.17) is 4.74 Å². The molecule has 0 aliphatic carbocycles. The molecule has 2 atom stereocenters. The van der Waals surface area contributed by atoms with Gasteiger partial charge >= 0.3 is 6.03 Å². The predicted octanol–water partition coefficient (Wildman–Crippen LogP) is 1.35. The van der Waals surface area contributed by atoms with E-state index in [0.717, 1.165) is 71.4 Å². The van der Waals surface area contributed by atoms with Crippen LogP contribution in [0.25, 0.3) is 0 Å². The first-order valence-corrected chi connectivity index (χ1v) is 9.51. The first-order valence-electron chi connectivity index (χ1n) is 9.51. The Morgan fingerprint density at radius 2 is 2.24 bits per heavy atom. The van der Waals surface area contributed by atoms with E-state index in [0.29, 0.717) is 0 Å². The maximum Gasteiger partial charge on any atom is 0.317 e. The van der Waals surface area contributed by atoms with Crippen molar-refractivity contribution in [1.82, 2.24) is 24.9 Å². The first kappa shape index (κ1) is 16.8. The van der Waals surface area contributed by atoms with Gasteiger partial charge in [-0.3, -0.25) is 9.58 Å².